The largest absolute Gasteiger partial charge is 0.324 e. The Morgan fingerprint density at radius 2 is 1.16 bits per heavy atom. The molecule has 5 heteroatoms. The molecule has 4 nitrogen and oxygen atoms in total. The Labute approximate surface area is 198 Å². The maximum atomic E-state index is 6.33. The van der Waals surface area contributed by atoms with Gasteiger partial charge in [-0.1, -0.05) is 112 Å². The number of hydrogen-bond donors (Lipinski definition) is 1. The molecule has 0 amide bonds. The number of nitrogens with zero attached hydrogens (tertiary/aromatic N) is 3. The Bertz CT molecular complexity index is 868. The van der Waals surface area contributed by atoms with Gasteiger partial charge < -0.3 is 5.32 Å². The average molecular weight is 451 g/mol. The third-order valence-electron chi connectivity index (χ3n) is 5.79. The highest BCUT2D eigenvalue weighted by Crippen LogP contribution is 2.28. The summed E-state index contributed by atoms with van der Waals surface area (Å²) in [5.74, 6) is 1.67. The molecule has 2 aliphatic carbocycles. The first-order valence-electron chi connectivity index (χ1n) is 12.0. The summed E-state index contributed by atoms with van der Waals surface area (Å²) in [6, 6.07) is 0. The van der Waals surface area contributed by atoms with E-state index < -0.39 is 0 Å². The third-order valence-corrected chi connectivity index (χ3v) is 5.96. The minimum absolute atomic E-state index is 0.254. The quantitative estimate of drug-likeness (QED) is 0.506. The van der Waals surface area contributed by atoms with Crippen LogP contribution in [-0.4, -0.2) is 15.0 Å². The zero-order chi connectivity index (χ0) is 22.3. The lowest BCUT2D eigenvalue weighted by Gasteiger charge is -2.17. The van der Waals surface area contributed by atoms with Gasteiger partial charge in [-0.3, -0.25) is 0 Å². The first-order chi connectivity index (χ1) is 15.8. The molecule has 3 rings (SSSR count). The molecule has 1 aromatic heterocycles. The van der Waals surface area contributed by atoms with Crippen LogP contribution in [0, 0.1) is 0 Å². The van der Waals surface area contributed by atoms with Crippen LogP contribution in [0.25, 0.3) is 0 Å². The minimum Gasteiger partial charge on any atom is -0.324 e. The monoisotopic (exact) mass is 450 g/mol. The van der Waals surface area contributed by atoms with Crippen LogP contribution in [0.2, 0.25) is 5.28 Å². The molecule has 0 spiro atoms. The van der Waals surface area contributed by atoms with Crippen LogP contribution < -0.4 is 5.32 Å². The van der Waals surface area contributed by atoms with Gasteiger partial charge in [0.25, 0.3) is 0 Å². The van der Waals surface area contributed by atoms with Gasteiger partial charge in [-0.2, -0.15) is 9.97 Å². The zero-order valence-electron chi connectivity index (χ0n) is 18.9. The van der Waals surface area contributed by atoms with Crippen LogP contribution in [0.15, 0.2) is 72.5 Å². The van der Waals surface area contributed by atoms with Crippen molar-refractivity contribution in [3.8, 4) is 0 Å². The van der Waals surface area contributed by atoms with Gasteiger partial charge in [0.1, 0.15) is 5.82 Å². The summed E-state index contributed by atoms with van der Waals surface area (Å²) in [6.45, 7) is 0. The first kappa shape index (κ1) is 24.2. The Kier molecular flexibility index (Phi) is 11.0. The predicted molar refractivity (Wildman–Crippen MR) is 136 cm³/mol. The Hall–Kier alpha value is -2.46. The van der Waals surface area contributed by atoms with Crippen molar-refractivity contribution in [2.75, 3.05) is 5.32 Å². The van der Waals surface area contributed by atoms with Gasteiger partial charge in [0.15, 0.2) is 0 Å². The van der Waals surface area contributed by atoms with E-state index in [2.05, 4.69) is 15.3 Å². The van der Waals surface area contributed by atoms with Gasteiger partial charge in [-0.25, -0.2) is 4.98 Å². The highest BCUT2D eigenvalue weighted by molar-refractivity contribution is 6.28. The van der Waals surface area contributed by atoms with E-state index in [-0.39, 0.29) is 5.28 Å². The van der Waals surface area contributed by atoms with E-state index in [0.29, 0.717) is 11.9 Å². The van der Waals surface area contributed by atoms with Crippen molar-refractivity contribution in [2.45, 2.75) is 76.5 Å². The third kappa shape index (κ3) is 9.35. The first-order valence-corrected chi connectivity index (χ1v) is 12.4. The van der Waals surface area contributed by atoms with E-state index in [4.69, 9.17) is 16.6 Å². The predicted octanol–water partition coefficient (Wildman–Crippen LogP) is 8.00. The molecule has 0 aromatic carbocycles. The van der Waals surface area contributed by atoms with Gasteiger partial charge in [0.2, 0.25) is 11.2 Å². The molecule has 2 aliphatic rings. The van der Waals surface area contributed by atoms with Crippen molar-refractivity contribution in [3.05, 3.63) is 83.6 Å². The number of hydrogen-bond acceptors (Lipinski definition) is 4. The lowest BCUT2D eigenvalue weighted by Crippen LogP contribution is -2.11. The van der Waals surface area contributed by atoms with Crippen molar-refractivity contribution in [1.29, 1.82) is 0 Å². The van der Waals surface area contributed by atoms with E-state index in [1.54, 1.807) is 0 Å². The second-order valence-corrected chi connectivity index (χ2v) is 8.73. The van der Waals surface area contributed by atoms with E-state index in [1.807, 2.05) is 66.8 Å². The summed E-state index contributed by atoms with van der Waals surface area (Å²) in [5.41, 5.74) is 0.885. The maximum absolute atomic E-state index is 6.33. The normalized spacial score (nSPS) is 26.0. The summed E-state index contributed by atoms with van der Waals surface area (Å²) in [4.78, 5) is 13.7. The number of aromatic nitrogens is 3. The van der Waals surface area contributed by atoms with Crippen LogP contribution >= 0.6 is 11.6 Å². The van der Waals surface area contributed by atoms with Crippen molar-refractivity contribution < 1.29 is 0 Å². The standard InChI is InChI=1S/C27H35ClN4/c28-26-30-25(23-19-15-11-7-3-1-4-8-12-16-20-23)31-27(32-26)29-24-21-17-13-9-5-2-6-10-14-18-22-24/h2,5-6,9-10,13-14,17-18,21-23H,1,3-4,7-8,11-12,15-16,19-20H2,(H,29,30,31,32)/b5-2-,6-2?,9-5?,10-6-,13-9-,14-10?,17-13?,18-14-,21-17-,22-18?,24-21?,24-22+. The number of nitrogens with one attached hydrogen (secondary N) is 1. The fraction of sp³-hybridized carbons (Fsp3) is 0.444. The molecule has 1 fully saturated rings. The molecule has 0 radical (unpaired) electrons. The van der Waals surface area contributed by atoms with Crippen LogP contribution in [0.5, 0.6) is 0 Å². The number of halogens is 1. The molecule has 0 aliphatic heterocycles. The highest BCUT2D eigenvalue weighted by Gasteiger charge is 2.17. The van der Waals surface area contributed by atoms with E-state index in [9.17, 15) is 0 Å². The van der Waals surface area contributed by atoms with Crippen LogP contribution in [0.3, 0.4) is 0 Å². The second-order valence-electron chi connectivity index (χ2n) is 8.39. The molecule has 1 aromatic rings. The summed E-state index contributed by atoms with van der Waals surface area (Å²) in [5, 5.41) is 3.58. The fourth-order valence-corrected chi connectivity index (χ4v) is 4.23. The summed E-state index contributed by atoms with van der Waals surface area (Å²) in [6.07, 6.45) is 36.0. The van der Waals surface area contributed by atoms with Crippen molar-refractivity contribution >= 4 is 17.5 Å². The number of allylic oxidation sites excluding steroid dienone is 11. The van der Waals surface area contributed by atoms with Crippen molar-refractivity contribution in [1.82, 2.24) is 15.0 Å². The Morgan fingerprint density at radius 1 is 0.625 bits per heavy atom. The summed E-state index contributed by atoms with van der Waals surface area (Å²) >= 11 is 6.33. The topological polar surface area (TPSA) is 50.7 Å². The van der Waals surface area contributed by atoms with Gasteiger partial charge in [0.05, 0.1) is 0 Å². The fourth-order valence-electron chi connectivity index (χ4n) is 4.06. The lowest BCUT2D eigenvalue weighted by atomic mass is 9.92. The lowest BCUT2D eigenvalue weighted by molar-refractivity contribution is 0.455. The van der Waals surface area contributed by atoms with E-state index in [0.717, 1.165) is 24.4 Å². The summed E-state index contributed by atoms with van der Waals surface area (Å²) < 4.78 is 0. The average Bonchev–Trinajstić information content (AvgIpc) is 2.76. The van der Waals surface area contributed by atoms with Crippen molar-refractivity contribution in [3.63, 3.8) is 0 Å². The molecule has 0 atom stereocenters. The maximum Gasteiger partial charge on any atom is 0.231 e. The molecule has 1 saturated carbocycles. The molecule has 1 N–H and O–H groups in total. The number of rotatable bonds is 3. The van der Waals surface area contributed by atoms with Crippen LogP contribution in [0.4, 0.5) is 5.95 Å². The minimum atomic E-state index is 0.254. The molecule has 170 valence electrons. The van der Waals surface area contributed by atoms with Crippen molar-refractivity contribution in [2.24, 2.45) is 0 Å². The van der Waals surface area contributed by atoms with Gasteiger partial charge >= 0.3 is 0 Å². The molecular formula is C27H35ClN4. The van der Waals surface area contributed by atoms with E-state index in [1.165, 1.54) is 57.8 Å². The molecule has 0 saturated heterocycles. The summed E-state index contributed by atoms with van der Waals surface area (Å²) in [7, 11) is 0. The number of anilines is 1. The molecule has 0 unspecified atom stereocenters. The van der Waals surface area contributed by atoms with Gasteiger partial charge in [0, 0.05) is 11.6 Å². The molecule has 32 heavy (non-hydrogen) atoms. The molecular weight excluding hydrogens is 416 g/mol. The highest BCUT2D eigenvalue weighted by atomic mass is 35.5. The Morgan fingerprint density at radius 3 is 1.78 bits per heavy atom. The zero-order valence-corrected chi connectivity index (χ0v) is 19.7. The van der Waals surface area contributed by atoms with E-state index >= 15 is 0 Å². The van der Waals surface area contributed by atoms with Crippen LogP contribution in [-0.2, 0) is 0 Å². The van der Waals surface area contributed by atoms with Gasteiger partial charge in [-0.05, 0) is 36.6 Å². The van der Waals surface area contributed by atoms with Gasteiger partial charge in [-0.15, -0.1) is 0 Å². The smallest absolute Gasteiger partial charge is 0.231 e. The molecule has 0 bridgehead atoms. The second kappa shape index (κ2) is 14.6. The SMILES string of the molecule is Clc1nc(NC2=C/C=C\C=C/C=C\C=C/C=C\2)nc(C2CCCCCCCCCCC2)n1. The Balaban J connectivity index is 1.75. The molecule has 1 heterocycles. The van der Waals surface area contributed by atoms with Crippen LogP contribution in [0.1, 0.15) is 82.4 Å².